The van der Waals surface area contributed by atoms with Gasteiger partial charge in [-0.1, -0.05) is 61.0 Å². The third-order valence-corrected chi connectivity index (χ3v) is 4.78. The van der Waals surface area contributed by atoms with E-state index in [-0.39, 0.29) is 0 Å². The Kier molecular flexibility index (Phi) is 4.55. The summed E-state index contributed by atoms with van der Waals surface area (Å²) in [6.45, 7) is 6.29. The molecule has 0 aliphatic carbocycles. The van der Waals surface area contributed by atoms with Crippen LogP contribution in [0.15, 0.2) is 77.1 Å². The first-order chi connectivity index (χ1) is 13.2. The Labute approximate surface area is 159 Å². The maximum Gasteiger partial charge on any atom is 0.187 e. The van der Waals surface area contributed by atoms with Crippen molar-refractivity contribution in [3.8, 4) is 11.3 Å². The molecule has 4 nitrogen and oxygen atoms in total. The van der Waals surface area contributed by atoms with E-state index in [1.165, 1.54) is 11.1 Å². The van der Waals surface area contributed by atoms with Gasteiger partial charge in [0.15, 0.2) is 5.82 Å². The van der Waals surface area contributed by atoms with Crippen LogP contribution in [0.2, 0.25) is 0 Å². The maximum atomic E-state index is 4.80. The summed E-state index contributed by atoms with van der Waals surface area (Å²) in [5.74, 6) is 0.750. The molecule has 27 heavy (non-hydrogen) atoms. The summed E-state index contributed by atoms with van der Waals surface area (Å²) in [4.78, 5) is 4.80. The van der Waals surface area contributed by atoms with E-state index in [0.29, 0.717) is 0 Å². The normalized spacial score (nSPS) is 11.5. The fourth-order valence-corrected chi connectivity index (χ4v) is 3.23. The largest absolute Gasteiger partial charge is 0.283 e. The summed E-state index contributed by atoms with van der Waals surface area (Å²) >= 11 is 0. The number of hydrogen-bond acceptors (Lipinski definition) is 3. The lowest BCUT2D eigenvalue weighted by Gasteiger charge is -2.05. The van der Waals surface area contributed by atoms with Crippen molar-refractivity contribution in [2.45, 2.75) is 27.2 Å². The van der Waals surface area contributed by atoms with Crippen molar-refractivity contribution in [2.24, 2.45) is 10.2 Å². The lowest BCUT2D eigenvalue weighted by atomic mass is 10.1. The van der Waals surface area contributed by atoms with E-state index in [2.05, 4.69) is 73.5 Å². The average molecular weight is 354 g/mol. The predicted octanol–water partition coefficient (Wildman–Crippen LogP) is 6.60. The minimum Gasteiger partial charge on any atom is -0.283 e. The van der Waals surface area contributed by atoms with Gasteiger partial charge in [-0.15, -0.1) is 10.2 Å². The smallest absolute Gasteiger partial charge is 0.187 e. The van der Waals surface area contributed by atoms with Gasteiger partial charge >= 0.3 is 0 Å². The molecule has 134 valence electrons. The molecule has 0 saturated carbocycles. The van der Waals surface area contributed by atoms with E-state index in [1.807, 2.05) is 28.8 Å². The second-order valence-corrected chi connectivity index (χ2v) is 6.72. The van der Waals surface area contributed by atoms with Crippen LogP contribution in [0.1, 0.15) is 23.6 Å². The van der Waals surface area contributed by atoms with Gasteiger partial charge in [-0.3, -0.25) is 4.40 Å². The van der Waals surface area contributed by atoms with Gasteiger partial charge in [0, 0.05) is 11.8 Å². The quantitative estimate of drug-likeness (QED) is 0.381. The molecule has 2 aromatic heterocycles. The van der Waals surface area contributed by atoms with Crippen molar-refractivity contribution in [3.63, 3.8) is 0 Å². The fraction of sp³-hybridized carbons (Fsp3) is 0.174. The van der Waals surface area contributed by atoms with E-state index in [0.717, 1.165) is 40.4 Å². The lowest BCUT2D eigenvalue weighted by molar-refractivity contribution is 1.07. The summed E-state index contributed by atoms with van der Waals surface area (Å²) < 4.78 is 1.99. The zero-order chi connectivity index (χ0) is 18.8. The van der Waals surface area contributed by atoms with Crippen LogP contribution in [0, 0.1) is 13.8 Å². The van der Waals surface area contributed by atoms with E-state index >= 15 is 0 Å². The predicted molar refractivity (Wildman–Crippen MR) is 110 cm³/mol. The van der Waals surface area contributed by atoms with Crippen LogP contribution in [-0.4, -0.2) is 9.38 Å². The van der Waals surface area contributed by atoms with Crippen molar-refractivity contribution in [1.29, 1.82) is 0 Å². The van der Waals surface area contributed by atoms with E-state index in [4.69, 9.17) is 4.98 Å². The third kappa shape index (κ3) is 3.26. The SMILES string of the molecule is CCc1cccc(C)c1N=Nc1c(-c2ccc(C)cc2)nc2ccccn12. The Bertz CT molecular complexity index is 1120. The summed E-state index contributed by atoms with van der Waals surface area (Å²) in [5, 5.41) is 9.30. The van der Waals surface area contributed by atoms with Crippen LogP contribution in [0.3, 0.4) is 0 Å². The number of aryl methyl sites for hydroxylation is 3. The standard InChI is InChI=1S/C23H22N4/c1-4-18-9-7-8-17(3)21(18)25-26-23-22(19-13-11-16(2)12-14-19)24-20-10-5-6-15-27(20)23/h5-15H,4H2,1-3H3. The number of imidazole rings is 1. The number of rotatable bonds is 4. The van der Waals surface area contributed by atoms with Crippen molar-refractivity contribution < 1.29 is 0 Å². The molecular formula is C23H22N4. The van der Waals surface area contributed by atoms with Gasteiger partial charge in [-0.2, -0.15) is 0 Å². The summed E-state index contributed by atoms with van der Waals surface area (Å²) in [6, 6.07) is 20.6. The number of hydrogen-bond donors (Lipinski definition) is 0. The molecule has 0 fully saturated rings. The molecule has 0 N–H and O–H groups in total. The number of aromatic nitrogens is 2. The van der Waals surface area contributed by atoms with Gasteiger partial charge in [-0.25, -0.2) is 4.98 Å². The van der Waals surface area contributed by atoms with Gasteiger partial charge in [0.25, 0.3) is 0 Å². The fourth-order valence-electron chi connectivity index (χ4n) is 3.23. The Morgan fingerprint density at radius 2 is 1.70 bits per heavy atom. The molecule has 2 heterocycles. The number of fused-ring (bicyclic) bond motifs is 1. The molecule has 4 aromatic rings. The van der Waals surface area contributed by atoms with Crippen LogP contribution >= 0.6 is 0 Å². The molecule has 2 aromatic carbocycles. The van der Waals surface area contributed by atoms with Crippen molar-refractivity contribution in [2.75, 3.05) is 0 Å². The van der Waals surface area contributed by atoms with Gasteiger partial charge in [0.05, 0.1) is 5.69 Å². The van der Waals surface area contributed by atoms with Crippen LogP contribution in [-0.2, 0) is 6.42 Å². The highest BCUT2D eigenvalue weighted by atomic mass is 15.2. The van der Waals surface area contributed by atoms with Crippen LogP contribution in [0.25, 0.3) is 16.9 Å². The first-order valence-corrected chi connectivity index (χ1v) is 9.21. The van der Waals surface area contributed by atoms with Gasteiger partial charge < -0.3 is 0 Å². The highest BCUT2D eigenvalue weighted by Gasteiger charge is 2.14. The van der Waals surface area contributed by atoms with Crippen molar-refractivity contribution in [3.05, 3.63) is 83.6 Å². The van der Waals surface area contributed by atoms with Gasteiger partial charge in [0.1, 0.15) is 11.3 Å². The topological polar surface area (TPSA) is 42.0 Å². The summed E-state index contributed by atoms with van der Waals surface area (Å²) in [7, 11) is 0. The number of nitrogens with zero attached hydrogens (tertiary/aromatic N) is 4. The maximum absolute atomic E-state index is 4.80. The van der Waals surface area contributed by atoms with Crippen molar-refractivity contribution >= 4 is 17.2 Å². The summed E-state index contributed by atoms with van der Waals surface area (Å²) in [5.41, 5.74) is 7.24. The molecule has 0 bridgehead atoms. The molecule has 0 aliphatic rings. The molecular weight excluding hydrogens is 332 g/mol. The van der Waals surface area contributed by atoms with E-state index < -0.39 is 0 Å². The lowest BCUT2D eigenvalue weighted by Crippen LogP contribution is -1.85. The monoisotopic (exact) mass is 354 g/mol. The molecule has 4 rings (SSSR count). The first-order valence-electron chi connectivity index (χ1n) is 9.21. The zero-order valence-electron chi connectivity index (χ0n) is 15.8. The average Bonchev–Trinajstić information content (AvgIpc) is 3.06. The molecule has 0 atom stereocenters. The Morgan fingerprint density at radius 3 is 2.48 bits per heavy atom. The highest BCUT2D eigenvalue weighted by molar-refractivity contribution is 5.74. The van der Waals surface area contributed by atoms with Crippen LogP contribution < -0.4 is 0 Å². The Morgan fingerprint density at radius 1 is 0.889 bits per heavy atom. The van der Waals surface area contributed by atoms with Gasteiger partial charge in [-0.05, 0) is 43.5 Å². The van der Waals surface area contributed by atoms with Crippen LogP contribution in [0.4, 0.5) is 11.5 Å². The molecule has 4 heteroatoms. The van der Waals surface area contributed by atoms with Gasteiger partial charge in [0.2, 0.25) is 0 Å². The summed E-state index contributed by atoms with van der Waals surface area (Å²) in [6.07, 6.45) is 2.90. The second-order valence-electron chi connectivity index (χ2n) is 6.72. The number of azo groups is 1. The molecule has 0 aliphatic heterocycles. The number of benzene rings is 2. The highest BCUT2D eigenvalue weighted by Crippen LogP contribution is 2.33. The molecule has 0 amide bonds. The molecule has 0 spiro atoms. The zero-order valence-corrected chi connectivity index (χ0v) is 15.8. The minimum absolute atomic E-state index is 0.750. The van der Waals surface area contributed by atoms with E-state index in [9.17, 15) is 0 Å². The molecule has 0 unspecified atom stereocenters. The van der Waals surface area contributed by atoms with Crippen LogP contribution in [0.5, 0.6) is 0 Å². The Hall–Kier alpha value is -3.27. The first kappa shape index (κ1) is 17.2. The van der Waals surface area contributed by atoms with E-state index in [1.54, 1.807) is 0 Å². The molecule has 0 saturated heterocycles. The third-order valence-electron chi connectivity index (χ3n) is 4.78. The minimum atomic E-state index is 0.750. The Balaban J connectivity index is 1.88. The van der Waals surface area contributed by atoms with Crippen molar-refractivity contribution in [1.82, 2.24) is 9.38 Å². The molecule has 0 radical (unpaired) electrons. The number of pyridine rings is 1. The second kappa shape index (κ2) is 7.16.